The minimum absolute atomic E-state index is 0.141. The molecule has 0 radical (unpaired) electrons. The Kier molecular flexibility index (Phi) is 7.25. The van der Waals surface area contributed by atoms with Gasteiger partial charge in [-0.25, -0.2) is 10.4 Å². The van der Waals surface area contributed by atoms with Crippen LogP contribution in [0.25, 0.3) is 22.2 Å². The normalized spacial score (nSPS) is 11.2. The number of ether oxygens (including phenoxy) is 2. The summed E-state index contributed by atoms with van der Waals surface area (Å²) in [6.07, 6.45) is 0. The van der Waals surface area contributed by atoms with E-state index in [0.717, 1.165) is 11.1 Å². The number of amides is 2. The van der Waals surface area contributed by atoms with E-state index in [1.54, 1.807) is 45.4 Å². The number of carbonyl (C=O) groups is 2. The fraction of sp³-hybridized carbons (Fsp3) is 0.143. The quantitative estimate of drug-likeness (QED) is 0.284. The van der Waals surface area contributed by atoms with Gasteiger partial charge in [0.2, 0.25) is 5.91 Å². The summed E-state index contributed by atoms with van der Waals surface area (Å²) in [5.74, 6) is 0.678. The fourth-order valence-corrected chi connectivity index (χ4v) is 3.76. The van der Waals surface area contributed by atoms with E-state index in [-0.39, 0.29) is 11.8 Å². The van der Waals surface area contributed by atoms with E-state index >= 15 is 0 Å². The molecule has 182 valence electrons. The third-order valence-electron chi connectivity index (χ3n) is 5.59. The zero-order valence-corrected chi connectivity index (χ0v) is 20.5. The lowest BCUT2D eigenvalue weighted by atomic mass is 10.0. The summed E-state index contributed by atoms with van der Waals surface area (Å²) in [5, 5.41) is 7.73. The van der Waals surface area contributed by atoms with Crippen LogP contribution in [0.2, 0.25) is 0 Å². The van der Waals surface area contributed by atoms with Gasteiger partial charge in [0.15, 0.2) is 11.5 Å². The van der Waals surface area contributed by atoms with Crippen molar-refractivity contribution in [3.8, 4) is 22.8 Å². The van der Waals surface area contributed by atoms with Crippen LogP contribution in [0.3, 0.4) is 0 Å². The first-order valence-electron chi connectivity index (χ1n) is 11.2. The maximum atomic E-state index is 13.2. The Bertz CT molecular complexity index is 1460. The Labute approximate surface area is 209 Å². The first-order valence-corrected chi connectivity index (χ1v) is 11.2. The van der Waals surface area contributed by atoms with Crippen molar-refractivity contribution < 1.29 is 19.1 Å². The lowest BCUT2D eigenvalue weighted by Crippen LogP contribution is -2.20. The Morgan fingerprint density at radius 3 is 2.28 bits per heavy atom. The standard InChI is InChI=1S/C28H26N4O4/c1-17(19-9-12-21(13-10-19)29-18(2)33)31-32-28(34)23-16-25(30-24-8-6-5-7-22(23)24)20-11-14-26(35-3)27(15-20)36-4/h5-16H,1-4H3,(H,29,33)(H,32,34)/b31-17+. The van der Waals surface area contributed by atoms with Gasteiger partial charge in [-0.2, -0.15) is 5.10 Å². The summed E-state index contributed by atoms with van der Waals surface area (Å²) in [6, 6.07) is 21.9. The van der Waals surface area contributed by atoms with E-state index in [1.807, 2.05) is 48.5 Å². The number of nitrogens with zero attached hydrogens (tertiary/aromatic N) is 2. The van der Waals surface area contributed by atoms with Crippen LogP contribution in [-0.2, 0) is 4.79 Å². The van der Waals surface area contributed by atoms with Gasteiger partial charge in [-0.05, 0) is 55.0 Å². The highest BCUT2D eigenvalue weighted by atomic mass is 16.5. The molecule has 0 saturated heterocycles. The van der Waals surface area contributed by atoms with Gasteiger partial charge >= 0.3 is 0 Å². The molecule has 0 bridgehead atoms. The van der Waals surface area contributed by atoms with Crippen LogP contribution in [0.1, 0.15) is 29.8 Å². The highest BCUT2D eigenvalue weighted by Gasteiger charge is 2.15. The molecule has 1 heterocycles. The zero-order valence-electron chi connectivity index (χ0n) is 20.5. The second kappa shape index (κ2) is 10.7. The number of hydrazone groups is 1. The van der Waals surface area contributed by atoms with Crippen LogP contribution in [-0.4, -0.2) is 36.7 Å². The number of benzene rings is 3. The second-order valence-corrected chi connectivity index (χ2v) is 8.04. The molecule has 0 spiro atoms. The number of hydrogen-bond donors (Lipinski definition) is 2. The molecule has 0 aliphatic heterocycles. The Morgan fingerprint density at radius 1 is 0.861 bits per heavy atom. The van der Waals surface area contributed by atoms with Crippen molar-refractivity contribution in [1.29, 1.82) is 0 Å². The number of methoxy groups -OCH3 is 2. The van der Waals surface area contributed by atoms with E-state index in [2.05, 4.69) is 15.8 Å². The topological polar surface area (TPSA) is 102 Å². The summed E-state index contributed by atoms with van der Waals surface area (Å²) >= 11 is 0. The van der Waals surface area contributed by atoms with Crippen LogP contribution in [0, 0.1) is 0 Å². The molecule has 4 rings (SSSR count). The van der Waals surface area contributed by atoms with Gasteiger partial charge < -0.3 is 14.8 Å². The van der Waals surface area contributed by atoms with Crippen molar-refractivity contribution in [3.63, 3.8) is 0 Å². The third-order valence-corrected chi connectivity index (χ3v) is 5.59. The summed E-state index contributed by atoms with van der Waals surface area (Å²) in [4.78, 5) is 29.2. The third kappa shape index (κ3) is 5.33. The average Bonchev–Trinajstić information content (AvgIpc) is 2.90. The van der Waals surface area contributed by atoms with Gasteiger partial charge in [0.05, 0.1) is 36.7 Å². The van der Waals surface area contributed by atoms with Crippen LogP contribution < -0.4 is 20.2 Å². The van der Waals surface area contributed by atoms with Crippen molar-refractivity contribution in [1.82, 2.24) is 10.4 Å². The first-order chi connectivity index (χ1) is 17.4. The largest absolute Gasteiger partial charge is 0.493 e. The van der Waals surface area contributed by atoms with Gasteiger partial charge in [-0.3, -0.25) is 9.59 Å². The molecule has 0 fully saturated rings. The molecular formula is C28H26N4O4. The molecule has 2 amide bonds. The van der Waals surface area contributed by atoms with E-state index in [1.165, 1.54) is 6.92 Å². The number of carbonyl (C=O) groups excluding carboxylic acids is 2. The zero-order chi connectivity index (χ0) is 25.7. The molecule has 0 atom stereocenters. The number of para-hydroxylation sites is 1. The summed E-state index contributed by atoms with van der Waals surface area (Å²) in [7, 11) is 3.15. The highest BCUT2D eigenvalue weighted by Crippen LogP contribution is 2.33. The fourth-order valence-electron chi connectivity index (χ4n) is 3.76. The Hall–Kier alpha value is -4.72. The van der Waals surface area contributed by atoms with Crippen LogP contribution in [0.15, 0.2) is 77.9 Å². The molecule has 0 aliphatic rings. The summed E-state index contributed by atoms with van der Waals surface area (Å²) in [5.41, 5.74) is 7.32. The average molecular weight is 483 g/mol. The number of fused-ring (bicyclic) bond motifs is 1. The molecule has 0 saturated carbocycles. The molecule has 0 unspecified atom stereocenters. The van der Waals surface area contributed by atoms with Crippen LogP contribution in [0.5, 0.6) is 11.5 Å². The van der Waals surface area contributed by atoms with Crippen molar-refractivity contribution in [2.45, 2.75) is 13.8 Å². The number of hydrogen-bond acceptors (Lipinski definition) is 6. The molecule has 1 aromatic heterocycles. The minimum atomic E-state index is -0.357. The van der Waals surface area contributed by atoms with Crippen LogP contribution >= 0.6 is 0 Å². The predicted octanol–water partition coefficient (Wildman–Crippen LogP) is 5.03. The lowest BCUT2D eigenvalue weighted by molar-refractivity contribution is -0.114. The lowest BCUT2D eigenvalue weighted by Gasteiger charge is -2.12. The predicted molar refractivity (Wildman–Crippen MR) is 141 cm³/mol. The molecular weight excluding hydrogens is 456 g/mol. The smallest absolute Gasteiger partial charge is 0.272 e. The van der Waals surface area contributed by atoms with Crippen molar-refractivity contribution in [2.24, 2.45) is 5.10 Å². The Morgan fingerprint density at radius 2 is 1.58 bits per heavy atom. The van der Waals surface area contributed by atoms with Gasteiger partial charge in [0, 0.05) is 23.6 Å². The maximum Gasteiger partial charge on any atom is 0.272 e. The first kappa shape index (κ1) is 24.4. The number of aromatic nitrogens is 1. The molecule has 4 aromatic rings. The number of anilines is 1. The minimum Gasteiger partial charge on any atom is -0.493 e. The van der Waals surface area contributed by atoms with E-state index in [4.69, 9.17) is 14.5 Å². The van der Waals surface area contributed by atoms with Crippen LogP contribution in [0.4, 0.5) is 5.69 Å². The molecule has 8 nitrogen and oxygen atoms in total. The molecule has 0 aliphatic carbocycles. The number of nitrogens with one attached hydrogen (secondary N) is 2. The second-order valence-electron chi connectivity index (χ2n) is 8.04. The molecule has 36 heavy (non-hydrogen) atoms. The molecule has 8 heteroatoms. The Balaban J connectivity index is 1.65. The van der Waals surface area contributed by atoms with Gasteiger partial charge in [-0.15, -0.1) is 0 Å². The molecule has 3 aromatic carbocycles. The molecule has 2 N–H and O–H groups in total. The maximum absolute atomic E-state index is 13.2. The summed E-state index contributed by atoms with van der Waals surface area (Å²) < 4.78 is 10.8. The van der Waals surface area contributed by atoms with Gasteiger partial charge in [0.1, 0.15) is 0 Å². The number of rotatable bonds is 7. The van der Waals surface area contributed by atoms with Gasteiger partial charge in [-0.1, -0.05) is 30.3 Å². The van der Waals surface area contributed by atoms with E-state index in [9.17, 15) is 9.59 Å². The monoisotopic (exact) mass is 482 g/mol. The van der Waals surface area contributed by atoms with E-state index in [0.29, 0.717) is 45.1 Å². The highest BCUT2D eigenvalue weighted by molar-refractivity contribution is 6.08. The van der Waals surface area contributed by atoms with Gasteiger partial charge in [0.25, 0.3) is 5.91 Å². The van der Waals surface area contributed by atoms with Crippen molar-refractivity contribution >= 4 is 34.1 Å². The van der Waals surface area contributed by atoms with E-state index < -0.39 is 0 Å². The van der Waals surface area contributed by atoms with Crippen molar-refractivity contribution in [3.05, 3.63) is 83.9 Å². The van der Waals surface area contributed by atoms with Crippen molar-refractivity contribution in [2.75, 3.05) is 19.5 Å². The SMILES string of the molecule is COc1ccc(-c2cc(C(=O)N/N=C(\C)c3ccc(NC(C)=O)cc3)c3ccccc3n2)cc1OC. The summed E-state index contributed by atoms with van der Waals surface area (Å²) in [6.45, 7) is 3.25. The number of pyridine rings is 1.